The molecule has 0 radical (unpaired) electrons. The molecule has 0 bridgehead atoms. The Labute approximate surface area is 212 Å². The van der Waals surface area contributed by atoms with Gasteiger partial charge in [0.15, 0.2) is 0 Å². The van der Waals surface area contributed by atoms with Crippen molar-refractivity contribution in [2.45, 2.75) is 71.1 Å². The molecule has 3 heterocycles. The van der Waals surface area contributed by atoms with Gasteiger partial charge in [-0.05, 0) is 64.4 Å². The molecule has 9 nitrogen and oxygen atoms in total. The van der Waals surface area contributed by atoms with E-state index in [-0.39, 0.29) is 29.9 Å². The lowest BCUT2D eigenvalue weighted by molar-refractivity contribution is -0.122. The predicted molar refractivity (Wildman–Crippen MR) is 138 cm³/mol. The van der Waals surface area contributed by atoms with Crippen LogP contribution in [0.4, 0.5) is 0 Å². The molecule has 9 heteroatoms. The number of rotatable bonds is 9. The third-order valence-corrected chi connectivity index (χ3v) is 6.81. The zero-order chi connectivity index (χ0) is 25.7. The molecule has 0 aromatic carbocycles. The molecule has 1 aliphatic heterocycles. The number of allylic oxidation sites excluding steroid dienone is 2. The second kappa shape index (κ2) is 11.3. The van der Waals surface area contributed by atoms with Crippen molar-refractivity contribution in [3.8, 4) is 11.4 Å². The Bertz CT molecular complexity index is 1190. The summed E-state index contributed by atoms with van der Waals surface area (Å²) >= 11 is 0. The molecule has 1 aliphatic carbocycles. The van der Waals surface area contributed by atoms with Crippen molar-refractivity contribution in [2.75, 3.05) is 26.7 Å². The Morgan fingerprint density at radius 3 is 2.75 bits per heavy atom. The number of aromatic nitrogens is 3. The van der Waals surface area contributed by atoms with Crippen LogP contribution in [0, 0.1) is 0 Å². The van der Waals surface area contributed by atoms with E-state index in [4.69, 9.17) is 9.26 Å². The predicted octanol–water partition coefficient (Wildman–Crippen LogP) is 3.20. The summed E-state index contributed by atoms with van der Waals surface area (Å²) in [5, 5.41) is 6.97. The third-order valence-electron chi connectivity index (χ3n) is 6.81. The van der Waals surface area contributed by atoms with Crippen molar-refractivity contribution in [2.24, 2.45) is 0 Å². The van der Waals surface area contributed by atoms with Crippen LogP contribution in [0.2, 0.25) is 0 Å². The van der Waals surface area contributed by atoms with Crippen molar-refractivity contribution in [1.82, 2.24) is 24.9 Å². The Hall–Kier alpha value is -3.04. The number of hydrogen-bond donors (Lipinski definition) is 1. The molecule has 0 spiro atoms. The van der Waals surface area contributed by atoms with Crippen LogP contribution in [-0.4, -0.2) is 63.9 Å². The Morgan fingerprint density at radius 2 is 2.03 bits per heavy atom. The fourth-order valence-corrected chi connectivity index (χ4v) is 4.78. The molecule has 1 saturated heterocycles. The molecular weight excluding hydrogens is 458 g/mol. The monoisotopic (exact) mass is 495 g/mol. The summed E-state index contributed by atoms with van der Waals surface area (Å²) in [4.78, 5) is 33.3. The summed E-state index contributed by atoms with van der Waals surface area (Å²) < 4.78 is 12.6. The number of pyridine rings is 1. The van der Waals surface area contributed by atoms with Crippen molar-refractivity contribution < 1.29 is 14.1 Å². The summed E-state index contributed by atoms with van der Waals surface area (Å²) in [6.07, 6.45) is 10.8. The van der Waals surface area contributed by atoms with E-state index in [2.05, 4.69) is 20.4 Å². The summed E-state index contributed by atoms with van der Waals surface area (Å²) in [7, 11) is 1.67. The van der Waals surface area contributed by atoms with Crippen LogP contribution in [-0.2, 0) is 22.5 Å². The van der Waals surface area contributed by atoms with Gasteiger partial charge in [-0.1, -0.05) is 29.8 Å². The summed E-state index contributed by atoms with van der Waals surface area (Å²) in [6, 6.07) is 3.54. The van der Waals surface area contributed by atoms with E-state index in [1.165, 1.54) is 23.8 Å². The van der Waals surface area contributed by atoms with E-state index in [0.717, 1.165) is 25.2 Å². The average Bonchev–Trinajstić information content (AvgIpc) is 3.33. The van der Waals surface area contributed by atoms with Gasteiger partial charge in [-0.25, -0.2) is 0 Å². The lowest BCUT2D eigenvalue weighted by Crippen LogP contribution is -2.37. The second-order valence-corrected chi connectivity index (χ2v) is 10.2. The number of nitrogens with one attached hydrogen (secondary N) is 1. The summed E-state index contributed by atoms with van der Waals surface area (Å²) in [5.41, 5.74) is 1.08. The maximum atomic E-state index is 13.7. The highest BCUT2D eigenvalue weighted by Crippen LogP contribution is 2.32. The number of methoxy groups -OCH3 is 1. The van der Waals surface area contributed by atoms with Gasteiger partial charge in [-0.3, -0.25) is 14.2 Å². The van der Waals surface area contributed by atoms with Crippen molar-refractivity contribution >= 4 is 11.5 Å². The number of nitrogens with zero attached hydrogens (tertiary/aromatic N) is 4. The molecule has 4 rings (SSSR count). The van der Waals surface area contributed by atoms with Crippen LogP contribution < -0.4 is 10.9 Å². The fraction of sp³-hybridized carbons (Fsp3) is 0.556. The minimum Gasteiger partial charge on any atom is -0.374 e. The zero-order valence-electron chi connectivity index (χ0n) is 21.7. The molecule has 36 heavy (non-hydrogen) atoms. The summed E-state index contributed by atoms with van der Waals surface area (Å²) in [5.74, 6) is 0.527. The number of hydrogen-bond acceptors (Lipinski definition) is 7. The molecule has 1 unspecified atom stereocenters. The van der Waals surface area contributed by atoms with Gasteiger partial charge >= 0.3 is 0 Å². The average molecular weight is 496 g/mol. The molecular formula is C27H37N5O4. The molecule has 2 aromatic rings. The molecule has 1 atom stereocenters. The molecule has 0 saturated carbocycles. The standard InChI is InChI=1S/C27H37N5O4/c1-19(2)28-23(33)18-32-22(20-9-8-13-27(3,17-20)35-4)11-10-21(26(32)34)25-29-24(36-30-25)12-16-31-14-6-5-7-15-31/h8-11,13,19H,5-7,12,14-18H2,1-4H3,(H,28,33). The van der Waals surface area contributed by atoms with Gasteiger partial charge < -0.3 is 19.5 Å². The highest BCUT2D eigenvalue weighted by molar-refractivity contribution is 5.77. The normalized spacial score (nSPS) is 20.5. The molecule has 194 valence electrons. The zero-order valence-corrected chi connectivity index (χ0v) is 21.7. The number of likely N-dealkylation sites (tertiary alicyclic amines) is 1. The smallest absolute Gasteiger partial charge is 0.262 e. The van der Waals surface area contributed by atoms with Gasteiger partial charge in [0.25, 0.3) is 5.56 Å². The van der Waals surface area contributed by atoms with Crippen molar-refractivity contribution in [1.29, 1.82) is 0 Å². The van der Waals surface area contributed by atoms with E-state index < -0.39 is 5.60 Å². The first-order valence-corrected chi connectivity index (χ1v) is 12.8. The lowest BCUT2D eigenvalue weighted by atomic mass is 9.89. The number of carbonyl (C=O) groups is 1. The molecule has 1 fully saturated rings. The highest BCUT2D eigenvalue weighted by atomic mass is 16.5. The first-order valence-electron chi connectivity index (χ1n) is 12.8. The van der Waals surface area contributed by atoms with E-state index in [1.54, 1.807) is 13.2 Å². The van der Waals surface area contributed by atoms with Gasteiger partial charge in [0.1, 0.15) is 6.54 Å². The fourth-order valence-electron chi connectivity index (χ4n) is 4.78. The Balaban J connectivity index is 1.63. The third kappa shape index (κ3) is 6.20. The Kier molecular flexibility index (Phi) is 8.21. The maximum absolute atomic E-state index is 13.7. The van der Waals surface area contributed by atoms with E-state index >= 15 is 0 Å². The van der Waals surface area contributed by atoms with Crippen LogP contribution in [0.1, 0.15) is 58.0 Å². The largest absolute Gasteiger partial charge is 0.374 e. The quantitative estimate of drug-likeness (QED) is 0.570. The minimum absolute atomic E-state index is 0.0342. The molecule has 1 amide bonds. The van der Waals surface area contributed by atoms with E-state index in [0.29, 0.717) is 30.0 Å². The summed E-state index contributed by atoms with van der Waals surface area (Å²) in [6.45, 7) is 8.72. The number of amides is 1. The number of carbonyl (C=O) groups excluding carboxylic acids is 1. The minimum atomic E-state index is -0.485. The van der Waals surface area contributed by atoms with Gasteiger partial charge in [0.2, 0.25) is 17.6 Å². The molecule has 2 aromatic heterocycles. The van der Waals surface area contributed by atoms with Crippen LogP contribution in [0.25, 0.3) is 17.0 Å². The highest BCUT2D eigenvalue weighted by Gasteiger charge is 2.27. The molecule has 1 N–H and O–H groups in total. The Morgan fingerprint density at radius 1 is 1.25 bits per heavy atom. The van der Waals surface area contributed by atoms with Gasteiger partial charge in [0, 0.05) is 38.2 Å². The lowest BCUT2D eigenvalue weighted by Gasteiger charge is -2.29. The first kappa shape index (κ1) is 26.0. The first-order chi connectivity index (χ1) is 17.3. The second-order valence-electron chi connectivity index (χ2n) is 10.2. The van der Waals surface area contributed by atoms with Crippen LogP contribution in [0.5, 0.6) is 0 Å². The van der Waals surface area contributed by atoms with Gasteiger partial charge in [-0.15, -0.1) is 0 Å². The maximum Gasteiger partial charge on any atom is 0.262 e. The van der Waals surface area contributed by atoms with Crippen LogP contribution >= 0.6 is 0 Å². The van der Waals surface area contributed by atoms with E-state index in [9.17, 15) is 9.59 Å². The van der Waals surface area contributed by atoms with Crippen LogP contribution in [0.3, 0.4) is 0 Å². The van der Waals surface area contributed by atoms with Crippen molar-refractivity contribution in [3.63, 3.8) is 0 Å². The number of piperidine rings is 1. The van der Waals surface area contributed by atoms with Gasteiger partial charge in [0.05, 0.1) is 11.2 Å². The molecule has 2 aliphatic rings. The number of ether oxygens (including phenoxy) is 1. The van der Waals surface area contributed by atoms with Crippen molar-refractivity contribution in [3.05, 3.63) is 52.3 Å². The topological polar surface area (TPSA) is 102 Å². The van der Waals surface area contributed by atoms with Gasteiger partial charge in [-0.2, -0.15) is 4.98 Å². The van der Waals surface area contributed by atoms with E-state index in [1.807, 2.05) is 45.1 Å². The van der Waals surface area contributed by atoms with Crippen LogP contribution in [0.15, 0.2) is 39.7 Å². The SMILES string of the molecule is COC1(C)C=CC=C(c2ccc(-c3noc(CCN4CCCCC4)n3)c(=O)n2CC(=O)NC(C)C)C1.